The largest absolute Gasteiger partial charge is 0.481 e. The van der Waals surface area contributed by atoms with Gasteiger partial charge in [-0.2, -0.15) is 0 Å². The molecular formula is C14H22N4O3. The molecule has 0 saturated carbocycles. The number of aliphatic carboxylic acids is 1. The fourth-order valence-corrected chi connectivity index (χ4v) is 2.45. The van der Waals surface area contributed by atoms with Crippen molar-refractivity contribution in [3.63, 3.8) is 0 Å². The first kappa shape index (κ1) is 15.3. The SMILES string of the molecule is Cn1ccnc1CCNC(=O)N1CCC(C)(C(=O)O)CC1. The van der Waals surface area contributed by atoms with Gasteiger partial charge in [0.25, 0.3) is 0 Å². The average Bonchev–Trinajstić information content (AvgIpc) is 2.85. The summed E-state index contributed by atoms with van der Waals surface area (Å²) in [5.74, 6) is 0.143. The van der Waals surface area contributed by atoms with Crippen LogP contribution < -0.4 is 5.32 Å². The molecular weight excluding hydrogens is 272 g/mol. The molecule has 7 heteroatoms. The van der Waals surface area contributed by atoms with Crippen LogP contribution in [0.15, 0.2) is 12.4 Å². The maximum atomic E-state index is 12.0. The molecule has 0 bridgehead atoms. The Morgan fingerprint density at radius 1 is 1.43 bits per heavy atom. The van der Waals surface area contributed by atoms with Crippen molar-refractivity contribution in [1.82, 2.24) is 19.8 Å². The zero-order valence-electron chi connectivity index (χ0n) is 12.5. The van der Waals surface area contributed by atoms with Crippen LogP contribution in [-0.4, -0.2) is 51.2 Å². The number of piperidine rings is 1. The van der Waals surface area contributed by atoms with Crippen LogP contribution in [-0.2, 0) is 18.3 Å². The van der Waals surface area contributed by atoms with E-state index in [0.29, 0.717) is 38.9 Å². The van der Waals surface area contributed by atoms with E-state index in [9.17, 15) is 9.59 Å². The Morgan fingerprint density at radius 2 is 2.10 bits per heavy atom. The van der Waals surface area contributed by atoms with Gasteiger partial charge < -0.3 is 19.9 Å². The first-order chi connectivity index (χ1) is 9.92. The number of aryl methyl sites for hydroxylation is 1. The number of likely N-dealkylation sites (tertiary alicyclic amines) is 1. The number of carbonyl (C=O) groups is 2. The van der Waals surface area contributed by atoms with E-state index < -0.39 is 11.4 Å². The number of hydrogen-bond acceptors (Lipinski definition) is 3. The van der Waals surface area contributed by atoms with Crippen LogP contribution in [0.2, 0.25) is 0 Å². The van der Waals surface area contributed by atoms with Gasteiger partial charge in [-0.05, 0) is 19.8 Å². The summed E-state index contributed by atoms with van der Waals surface area (Å²) in [5.41, 5.74) is -0.705. The van der Waals surface area contributed by atoms with Gasteiger partial charge in [-0.15, -0.1) is 0 Å². The van der Waals surface area contributed by atoms with Crippen molar-refractivity contribution < 1.29 is 14.7 Å². The number of nitrogens with zero attached hydrogens (tertiary/aromatic N) is 3. The summed E-state index contributed by atoms with van der Waals surface area (Å²) in [6.45, 7) is 3.23. The average molecular weight is 294 g/mol. The van der Waals surface area contributed by atoms with Gasteiger partial charge in [0.15, 0.2) is 0 Å². The van der Waals surface area contributed by atoms with E-state index in [2.05, 4.69) is 10.3 Å². The number of carbonyl (C=O) groups excluding carboxylic acids is 1. The lowest BCUT2D eigenvalue weighted by atomic mass is 9.80. The highest BCUT2D eigenvalue weighted by Crippen LogP contribution is 2.30. The van der Waals surface area contributed by atoms with Crippen molar-refractivity contribution in [2.45, 2.75) is 26.2 Å². The first-order valence-corrected chi connectivity index (χ1v) is 7.15. The predicted octanol–water partition coefficient (Wildman–Crippen LogP) is 0.859. The Balaban J connectivity index is 1.75. The highest BCUT2D eigenvalue weighted by Gasteiger charge is 2.37. The lowest BCUT2D eigenvalue weighted by Crippen LogP contribution is -2.49. The van der Waals surface area contributed by atoms with E-state index in [-0.39, 0.29) is 6.03 Å². The molecule has 0 aromatic carbocycles. The topological polar surface area (TPSA) is 87.5 Å². The third-order valence-electron chi connectivity index (χ3n) is 4.22. The standard InChI is InChI=1S/C14H22N4O3/c1-14(12(19)20)4-8-18(9-5-14)13(21)16-6-3-11-15-7-10-17(11)2/h7,10H,3-6,8-9H2,1-2H3,(H,16,21)(H,19,20). The molecule has 21 heavy (non-hydrogen) atoms. The zero-order valence-corrected chi connectivity index (χ0v) is 12.5. The van der Waals surface area contributed by atoms with E-state index in [0.717, 1.165) is 5.82 Å². The van der Waals surface area contributed by atoms with Crippen LogP contribution >= 0.6 is 0 Å². The number of nitrogens with one attached hydrogen (secondary N) is 1. The van der Waals surface area contributed by atoms with Crippen molar-refractivity contribution in [2.75, 3.05) is 19.6 Å². The van der Waals surface area contributed by atoms with Crippen LogP contribution in [0.25, 0.3) is 0 Å². The Labute approximate surface area is 124 Å². The quantitative estimate of drug-likeness (QED) is 0.862. The molecule has 2 N–H and O–H groups in total. The summed E-state index contributed by atoms with van der Waals surface area (Å²) in [6.07, 6.45) is 5.27. The van der Waals surface area contributed by atoms with Crippen molar-refractivity contribution in [3.8, 4) is 0 Å². The number of imidazole rings is 1. The number of amides is 2. The Morgan fingerprint density at radius 3 is 2.62 bits per heavy atom. The van der Waals surface area contributed by atoms with Gasteiger partial charge in [-0.3, -0.25) is 4.79 Å². The lowest BCUT2D eigenvalue weighted by molar-refractivity contribution is -0.150. The zero-order chi connectivity index (χ0) is 15.5. The van der Waals surface area contributed by atoms with Crippen LogP contribution in [0.5, 0.6) is 0 Å². The molecule has 116 valence electrons. The first-order valence-electron chi connectivity index (χ1n) is 7.15. The molecule has 7 nitrogen and oxygen atoms in total. The van der Waals surface area contributed by atoms with Crippen molar-refractivity contribution in [3.05, 3.63) is 18.2 Å². The second-order valence-corrected chi connectivity index (χ2v) is 5.79. The number of rotatable bonds is 4. The van der Waals surface area contributed by atoms with E-state index in [1.54, 1.807) is 18.0 Å². The summed E-state index contributed by atoms with van der Waals surface area (Å²) in [5, 5.41) is 12.0. The molecule has 1 aromatic rings. The molecule has 0 aliphatic carbocycles. The van der Waals surface area contributed by atoms with E-state index in [1.165, 1.54) is 0 Å². The number of aromatic nitrogens is 2. The highest BCUT2D eigenvalue weighted by atomic mass is 16.4. The second kappa shape index (κ2) is 6.15. The molecule has 0 unspecified atom stereocenters. The summed E-state index contributed by atoms with van der Waals surface area (Å²) < 4.78 is 1.92. The van der Waals surface area contributed by atoms with Crippen LogP contribution in [0.3, 0.4) is 0 Å². The maximum Gasteiger partial charge on any atom is 0.317 e. The summed E-state index contributed by atoms with van der Waals surface area (Å²) in [6, 6.07) is -0.128. The van der Waals surface area contributed by atoms with Crippen LogP contribution in [0.1, 0.15) is 25.6 Å². The third kappa shape index (κ3) is 3.53. The molecule has 0 radical (unpaired) electrons. The van der Waals surface area contributed by atoms with Gasteiger partial charge in [-0.25, -0.2) is 9.78 Å². The van der Waals surface area contributed by atoms with Crippen LogP contribution in [0.4, 0.5) is 4.79 Å². The molecule has 2 rings (SSSR count). The monoisotopic (exact) mass is 294 g/mol. The molecule has 2 amide bonds. The Kier molecular flexibility index (Phi) is 4.50. The molecule has 0 atom stereocenters. The highest BCUT2D eigenvalue weighted by molar-refractivity contribution is 5.76. The fourth-order valence-electron chi connectivity index (χ4n) is 2.45. The van der Waals surface area contributed by atoms with Gasteiger partial charge in [0, 0.05) is 45.5 Å². The second-order valence-electron chi connectivity index (χ2n) is 5.79. The van der Waals surface area contributed by atoms with Gasteiger partial charge in [0.1, 0.15) is 5.82 Å². The smallest absolute Gasteiger partial charge is 0.317 e. The minimum absolute atomic E-state index is 0.128. The number of hydrogen-bond donors (Lipinski definition) is 2. The summed E-state index contributed by atoms with van der Waals surface area (Å²) >= 11 is 0. The van der Waals surface area contributed by atoms with E-state index >= 15 is 0 Å². The minimum atomic E-state index is -0.780. The summed E-state index contributed by atoms with van der Waals surface area (Å²) in [4.78, 5) is 29.1. The third-order valence-corrected chi connectivity index (χ3v) is 4.22. The lowest BCUT2D eigenvalue weighted by Gasteiger charge is -2.36. The Bertz CT molecular complexity index is 518. The fraction of sp³-hybridized carbons (Fsp3) is 0.643. The van der Waals surface area contributed by atoms with E-state index in [4.69, 9.17) is 5.11 Å². The van der Waals surface area contributed by atoms with Gasteiger partial charge >= 0.3 is 12.0 Å². The van der Waals surface area contributed by atoms with Crippen molar-refractivity contribution >= 4 is 12.0 Å². The van der Waals surface area contributed by atoms with E-state index in [1.807, 2.05) is 17.8 Å². The molecule has 0 spiro atoms. The molecule has 1 aliphatic rings. The number of carboxylic acids is 1. The number of carboxylic acid groups (broad SMARTS) is 1. The van der Waals surface area contributed by atoms with Crippen LogP contribution in [0, 0.1) is 5.41 Å². The van der Waals surface area contributed by atoms with Gasteiger partial charge in [0.05, 0.1) is 5.41 Å². The maximum absolute atomic E-state index is 12.0. The summed E-state index contributed by atoms with van der Waals surface area (Å²) in [7, 11) is 1.92. The van der Waals surface area contributed by atoms with Gasteiger partial charge in [-0.1, -0.05) is 0 Å². The van der Waals surface area contributed by atoms with Crippen molar-refractivity contribution in [1.29, 1.82) is 0 Å². The molecule has 1 aromatic heterocycles. The Hall–Kier alpha value is -2.05. The molecule has 2 heterocycles. The van der Waals surface area contributed by atoms with Gasteiger partial charge in [0.2, 0.25) is 0 Å². The number of urea groups is 1. The van der Waals surface area contributed by atoms with Crippen molar-refractivity contribution in [2.24, 2.45) is 12.5 Å². The predicted molar refractivity (Wildman–Crippen MR) is 76.9 cm³/mol. The normalized spacial score (nSPS) is 17.5. The molecule has 1 fully saturated rings. The molecule has 1 saturated heterocycles. The molecule has 1 aliphatic heterocycles. The minimum Gasteiger partial charge on any atom is -0.481 e.